The fraction of sp³-hybridized carbons (Fsp3) is 0.714. The molecular formula is C21H31N2O+. The van der Waals surface area contributed by atoms with Gasteiger partial charge in [0.15, 0.2) is 12.4 Å². The lowest BCUT2D eigenvalue weighted by Gasteiger charge is -2.59. The van der Waals surface area contributed by atoms with E-state index in [1.54, 1.807) is 0 Å². The number of carbonyl (C=O) groups excluding carboxylic acids is 1. The molecule has 1 atom stereocenters. The van der Waals surface area contributed by atoms with Crippen molar-refractivity contribution in [3.8, 4) is 0 Å². The normalized spacial score (nSPS) is 35.0. The second-order valence-corrected chi connectivity index (χ2v) is 8.80. The molecule has 4 aliphatic carbocycles. The van der Waals surface area contributed by atoms with Gasteiger partial charge in [-0.2, -0.15) is 4.57 Å². The molecule has 0 aliphatic heterocycles. The molecule has 5 rings (SSSR count). The molecule has 4 saturated carbocycles. The molecule has 0 unspecified atom stereocenters. The number of aryl methyl sites for hydroxylation is 1. The Morgan fingerprint density at radius 3 is 2.21 bits per heavy atom. The van der Waals surface area contributed by atoms with Crippen LogP contribution in [0.5, 0.6) is 0 Å². The molecule has 1 aromatic heterocycles. The number of amides is 1. The summed E-state index contributed by atoms with van der Waals surface area (Å²) in [6.45, 7) is 4.84. The first-order valence-electron chi connectivity index (χ1n) is 9.83. The second kappa shape index (κ2) is 6.16. The lowest BCUT2D eigenvalue weighted by atomic mass is 9.48. The van der Waals surface area contributed by atoms with Crippen LogP contribution in [0.1, 0.15) is 57.9 Å². The van der Waals surface area contributed by atoms with Gasteiger partial charge in [-0.25, -0.2) is 0 Å². The fourth-order valence-corrected chi connectivity index (χ4v) is 6.14. The second-order valence-electron chi connectivity index (χ2n) is 8.80. The summed E-state index contributed by atoms with van der Waals surface area (Å²) in [5.41, 5.74) is 1.70. The van der Waals surface area contributed by atoms with Crippen molar-refractivity contribution >= 4 is 5.91 Å². The van der Waals surface area contributed by atoms with Gasteiger partial charge in [-0.1, -0.05) is 6.92 Å². The van der Waals surface area contributed by atoms with Crippen molar-refractivity contribution in [1.29, 1.82) is 0 Å². The number of aromatic nitrogens is 1. The van der Waals surface area contributed by atoms with Crippen molar-refractivity contribution in [1.82, 2.24) is 5.32 Å². The van der Waals surface area contributed by atoms with E-state index in [1.807, 2.05) is 17.0 Å². The van der Waals surface area contributed by atoms with Crippen molar-refractivity contribution in [2.75, 3.05) is 0 Å². The van der Waals surface area contributed by atoms with Crippen molar-refractivity contribution in [3.63, 3.8) is 0 Å². The summed E-state index contributed by atoms with van der Waals surface area (Å²) < 4.78 is 1.99. The van der Waals surface area contributed by atoms with Crippen molar-refractivity contribution in [2.24, 2.45) is 23.2 Å². The molecule has 1 N–H and O–H groups in total. The summed E-state index contributed by atoms with van der Waals surface area (Å²) in [5, 5.41) is 3.35. The fourth-order valence-electron chi connectivity index (χ4n) is 6.14. The van der Waals surface area contributed by atoms with Gasteiger partial charge in [-0.05, 0) is 80.6 Å². The van der Waals surface area contributed by atoms with Crippen molar-refractivity contribution < 1.29 is 9.36 Å². The Balaban J connectivity index is 1.38. The van der Waals surface area contributed by atoms with E-state index in [0.29, 0.717) is 18.0 Å². The monoisotopic (exact) mass is 327 g/mol. The molecule has 130 valence electrons. The smallest absolute Gasteiger partial charge is 0.286 e. The number of rotatable bonds is 5. The molecule has 0 radical (unpaired) electrons. The minimum Gasteiger partial charge on any atom is -0.348 e. The highest BCUT2D eigenvalue weighted by Gasteiger charge is 2.53. The third-order valence-corrected chi connectivity index (χ3v) is 7.08. The summed E-state index contributed by atoms with van der Waals surface area (Å²) in [6, 6.07) is 4.53. The van der Waals surface area contributed by atoms with Crippen LogP contribution in [0, 0.1) is 23.2 Å². The lowest BCUT2D eigenvalue weighted by molar-refractivity contribution is -0.684. The van der Waals surface area contributed by atoms with E-state index in [9.17, 15) is 4.79 Å². The zero-order valence-corrected chi connectivity index (χ0v) is 15.1. The summed E-state index contributed by atoms with van der Waals surface area (Å²) in [5.74, 6) is 2.97. The van der Waals surface area contributed by atoms with Gasteiger partial charge in [0, 0.05) is 18.2 Å². The molecule has 0 saturated heterocycles. The molecule has 4 bridgehead atoms. The molecule has 1 amide bonds. The van der Waals surface area contributed by atoms with Crippen LogP contribution >= 0.6 is 0 Å². The summed E-state index contributed by atoms with van der Waals surface area (Å²) in [4.78, 5) is 12.5. The van der Waals surface area contributed by atoms with Crippen LogP contribution in [-0.2, 0) is 17.8 Å². The summed E-state index contributed by atoms with van der Waals surface area (Å²) >= 11 is 0. The van der Waals surface area contributed by atoms with Gasteiger partial charge in [-0.3, -0.25) is 4.79 Å². The first-order chi connectivity index (χ1) is 11.6. The Morgan fingerprint density at radius 2 is 1.71 bits per heavy atom. The van der Waals surface area contributed by atoms with Crippen molar-refractivity contribution in [2.45, 2.75) is 71.4 Å². The highest BCUT2D eigenvalue weighted by molar-refractivity contribution is 5.74. The zero-order valence-electron chi connectivity index (χ0n) is 15.1. The third-order valence-electron chi connectivity index (χ3n) is 7.08. The van der Waals surface area contributed by atoms with Crippen LogP contribution in [-0.4, -0.2) is 11.9 Å². The van der Waals surface area contributed by atoms with Gasteiger partial charge < -0.3 is 5.32 Å². The topological polar surface area (TPSA) is 33.0 Å². The van der Waals surface area contributed by atoms with Gasteiger partial charge in [0.2, 0.25) is 6.54 Å². The molecule has 24 heavy (non-hydrogen) atoms. The molecule has 4 aliphatic rings. The molecule has 3 nitrogen and oxygen atoms in total. The highest BCUT2D eigenvalue weighted by Crippen LogP contribution is 2.61. The Labute approximate surface area is 145 Å². The van der Waals surface area contributed by atoms with Crippen LogP contribution in [0.2, 0.25) is 0 Å². The Morgan fingerprint density at radius 1 is 1.17 bits per heavy atom. The molecule has 1 aromatic rings. The van der Waals surface area contributed by atoms with E-state index >= 15 is 0 Å². The number of hydrogen-bond donors (Lipinski definition) is 1. The van der Waals surface area contributed by atoms with E-state index in [1.165, 1.54) is 44.1 Å². The Hall–Kier alpha value is -1.38. The van der Waals surface area contributed by atoms with E-state index in [-0.39, 0.29) is 5.91 Å². The lowest BCUT2D eigenvalue weighted by Crippen LogP contribution is -2.57. The predicted octanol–water partition coefficient (Wildman–Crippen LogP) is 3.26. The molecule has 0 aromatic carbocycles. The summed E-state index contributed by atoms with van der Waals surface area (Å²) in [6.07, 6.45) is 13.5. The average molecular weight is 327 g/mol. The van der Waals surface area contributed by atoms with Crippen molar-refractivity contribution in [3.05, 3.63) is 30.1 Å². The molecular weight excluding hydrogens is 296 g/mol. The largest absolute Gasteiger partial charge is 0.348 e. The van der Waals surface area contributed by atoms with Gasteiger partial charge in [0.25, 0.3) is 5.91 Å². The predicted molar refractivity (Wildman–Crippen MR) is 94.2 cm³/mol. The van der Waals surface area contributed by atoms with Gasteiger partial charge in [-0.15, -0.1) is 0 Å². The highest BCUT2D eigenvalue weighted by atomic mass is 16.2. The Kier molecular flexibility index (Phi) is 4.14. The van der Waals surface area contributed by atoms with Gasteiger partial charge in [0.1, 0.15) is 0 Å². The maximum Gasteiger partial charge on any atom is 0.286 e. The van der Waals surface area contributed by atoms with E-state index < -0.39 is 0 Å². The minimum atomic E-state index is 0.160. The third kappa shape index (κ3) is 2.98. The molecule has 0 spiro atoms. The van der Waals surface area contributed by atoms with E-state index in [0.717, 1.165) is 24.2 Å². The first kappa shape index (κ1) is 16.1. The van der Waals surface area contributed by atoms with Crippen LogP contribution in [0.15, 0.2) is 24.5 Å². The zero-order chi connectivity index (χ0) is 16.7. The van der Waals surface area contributed by atoms with Crippen LogP contribution in [0.4, 0.5) is 0 Å². The maximum absolute atomic E-state index is 12.5. The number of carbonyl (C=O) groups is 1. The molecule has 1 heterocycles. The van der Waals surface area contributed by atoms with Crippen LogP contribution < -0.4 is 9.88 Å². The number of pyridine rings is 1. The number of nitrogens with zero attached hydrogens (tertiary/aromatic N) is 1. The quantitative estimate of drug-likeness (QED) is 0.827. The Bertz CT molecular complexity index is 571. The SMILES string of the molecule is CCc1cc[n+](CC(=O)N[C@@H](C)C23CC4CC(CC(C4)C2)C3)cc1. The van der Waals surface area contributed by atoms with Crippen LogP contribution in [0.3, 0.4) is 0 Å². The first-order valence-corrected chi connectivity index (χ1v) is 9.83. The van der Waals surface area contributed by atoms with Gasteiger partial charge >= 0.3 is 0 Å². The molecule has 3 heteroatoms. The van der Waals surface area contributed by atoms with E-state index in [2.05, 4.69) is 31.3 Å². The van der Waals surface area contributed by atoms with Gasteiger partial charge in [0.05, 0.1) is 0 Å². The maximum atomic E-state index is 12.5. The minimum absolute atomic E-state index is 0.160. The standard InChI is InChI=1S/C21H30N2O/c1-3-16-4-6-23(7-5-16)14-20(24)22-15(2)21-11-17-8-18(12-21)10-19(9-17)13-21/h4-7,15,17-19H,3,8-14H2,1-2H3/p+1/t15-,17?,18?,19?,21?/m0/s1. The molecule has 4 fully saturated rings. The van der Waals surface area contributed by atoms with Crippen LogP contribution in [0.25, 0.3) is 0 Å². The number of hydrogen-bond acceptors (Lipinski definition) is 1. The number of nitrogens with one attached hydrogen (secondary N) is 1. The summed E-state index contributed by atoms with van der Waals surface area (Å²) in [7, 11) is 0. The van der Waals surface area contributed by atoms with E-state index in [4.69, 9.17) is 0 Å². The average Bonchev–Trinajstić information content (AvgIpc) is 2.54.